The highest BCUT2D eigenvalue weighted by Gasteiger charge is 2.19. The van der Waals surface area contributed by atoms with Crippen LogP contribution < -0.4 is 11.1 Å². The summed E-state index contributed by atoms with van der Waals surface area (Å²) in [4.78, 5) is 35.6. The third-order valence-corrected chi connectivity index (χ3v) is 4.27. The van der Waals surface area contributed by atoms with E-state index in [4.69, 9.17) is 10.5 Å². The molecule has 0 saturated carbocycles. The number of aromatic nitrogens is 2. The monoisotopic (exact) mass is 392 g/mol. The van der Waals surface area contributed by atoms with Gasteiger partial charge in [0.05, 0.1) is 11.3 Å². The molecule has 0 aliphatic carbocycles. The lowest BCUT2D eigenvalue weighted by Gasteiger charge is -2.14. The molecule has 0 fully saturated rings. The van der Waals surface area contributed by atoms with Crippen molar-refractivity contribution in [1.29, 1.82) is 0 Å². The maximum absolute atomic E-state index is 12.3. The maximum atomic E-state index is 12.3. The summed E-state index contributed by atoms with van der Waals surface area (Å²) in [7, 11) is 0. The first-order chi connectivity index (χ1) is 13.8. The number of nitrogens with zero attached hydrogens (tertiary/aromatic N) is 2. The van der Waals surface area contributed by atoms with Crippen molar-refractivity contribution in [2.45, 2.75) is 20.0 Å². The van der Waals surface area contributed by atoms with Crippen LogP contribution in [0.3, 0.4) is 0 Å². The van der Waals surface area contributed by atoms with Crippen LogP contribution in [0.25, 0.3) is 5.69 Å². The molecular formula is C21H20N4O4. The van der Waals surface area contributed by atoms with E-state index in [1.54, 1.807) is 47.3 Å². The second-order valence-electron chi connectivity index (χ2n) is 6.41. The van der Waals surface area contributed by atoms with E-state index in [0.29, 0.717) is 16.8 Å². The average Bonchev–Trinajstić information content (AvgIpc) is 3.14. The number of amides is 2. The predicted octanol–water partition coefficient (Wildman–Crippen LogP) is 2.46. The molecule has 1 heterocycles. The molecule has 8 nitrogen and oxygen atoms in total. The van der Waals surface area contributed by atoms with Crippen molar-refractivity contribution in [3.63, 3.8) is 0 Å². The number of benzene rings is 2. The minimum absolute atomic E-state index is 0.323. The molecule has 0 saturated heterocycles. The highest BCUT2D eigenvalue weighted by molar-refractivity contribution is 5.98. The van der Waals surface area contributed by atoms with Gasteiger partial charge < -0.3 is 15.8 Å². The Kier molecular flexibility index (Phi) is 5.73. The van der Waals surface area contributed by atoms with E-state index in [1.165, 1.54) is 19.1 Å². The van der Waals surface area contributed by atoms with Gasteiger partial charge in [-0.15, -0.1) is 0 Å². The zero-order chi connectivity index (χ0) is 21.0. The SMILES string of the molecule is Cc1ccnn1-c1ccc(C(=O)O[C@@H](C)C(=O)Nc2ccc(C(N)=O)cc2)cc1. The van der Waals surface area contributed by atoms with E-state index in [0.717, 1.165) is 11.4 Å². The van der Waals surface area contributed by atoms with Crippen LogP contribution in [0.1, 0.15) is 33.3 Å². The van der Waals surface area contributed by atoms with Crippen LogP contribution in [0.15, 0.2) is 60.8 Å². The number of primary amides is 1. The van der Waals surface area contributed by atoms with Crippen LogP contribution in [0.5, 0.6) is 0 Å². The molecule has 8 heteroatoms. The van der Waals surface area contributed by atoms with Crippen molar-refractivity contribution < 1.29 is 19.1 Å². The fourth-order valence-corrected chi connectivity index (χ4v) is 2.62. The summed E-state index contributed by atoms with van der Waals surface area (Å²) in [5.74, 6) is -1.66. The number of hydrogen-bond acceptors (Lipinski definition) is 5. The summed E-state index contributed by atoms with van der Waals surface area (Å²) in [6, 6.07) is 14.7. The molecule has 0 bridgehead atoms. The number of anilines is 1. The topological polar surface area (TPSA) is 116 Å². The Morgan fingerprint density at radius 3 is 2.17 bits per heavy atom. The Hall–Kier alpha value is -3.94. The zero-order valence-electron chi connectivity index (χ0n) is 16.0. The van der Waals surface area contributed by atoms with Crippen LogP contribution in [-0.2, 0) is 9.53 Å². The van der Waals surface area contributed by atoms with Gasteiger partial charge in [0, 0.05) is 23.1 Å². The summed E-state index contributed by atoms with van der Waals surface area (Å²) in [5, 5.41) is 6.83. The van der Waals surface area contributed by atoms with Gasteiger partial charge in [0.2, 0.25) is 5.91 Å². The molecule has 3 rings (SSSR count). The molecule has 29 heavy (non-hydrogen) atoms. The van der Waals surface area contributed by atoms with Crippen molar-refractivity contribution in [2.24, 2.45) is 5.73 Å². The summed E-state index contributed by atoms with van der Waals surface area (Å²) in [6.07, 6.45) is 0.686. The Morgan fingerprint density at radius 2 is 1.62 bits per heavy atom. The van der Waals surface area contributed by atoms with E-state index in [1.807, 2.05) is 13.0 Å². The van der Waals surface area contributed by atoms with Gasteiger partial charge in [-0.3, -0.25) is 9.59 Å². The third kappa shape index (κ3) is 4.67. The molecule has 0 aliphatic rings. The molecule has 0 spiro atoms. The number of esters is 1. The molecule has 0 aliphatic heterocycles. The van der Waals surface area contributed by atoms with Crippen LogP contribution >= 0.6 is 0 Å². The molecule has 0 radical (unpaired) electrons. The zero-order valence-corrected chi connectivity index (χ0v) is 16.0. The first kappa shape index (κ1) is 19.8. The Labute approximate surface area is 167 Å². The standard InChI is InChI=1S/C21H20N4O4/c1-13-11-12-23-25(13)18-9-5-16(6-10-18)21(28)29-14(2)20(27)24-17-7-3-15(4-8-17)19(22)26/h3-12,14H,1-2H3,(H2,22,26)(H,24,27)/t14-/m0/s1. The first-order valence-electron chi connectivity index (χ1n) is 8.88. The van der Waals surface area contributed by atoms with E-state index >= 15 is 0 Å². The van der Waals surface area contributed by atoms with Gasteiger partial charge in [-0.25, -0.2) is 9.48 Å². The fourth-order valence-electron chi connectivity index (χ4n) is 2.62. The van der Waals surface area contributed by atoms with Gasteiger partial charge in [-0.1, -0.05) is 0 Å². The van der Waals surface area contributed by atoms with Gasteiger partial charge in [0.25, 0.3) is 5.91 Å². The van der Waals surface area contributed by atoms with Crippen molar-refractivity contribution >= 4 is 23.5 Å². The second kappa shape index (κ2) is 8.39. The Morgan fingerprint density at radius 1 is 1.00 bits per heavy atom. The summed E-state index contributed by atoms with van der Waals surface area (Å²) < 4.78 is 6.98. The number of ether oxygens (including phenoxy) is 1. The summed E-state index contributed by atoms with van der Waals surface area (Å²) >= 11 is 0. The van der Waals surface area contributed by atoms with Crippen LogP contribution in [-0.4, -0.2) is 33.7 Å². The lowest BCUT2D eigenvalue weighted by molar-refractivity contribution is -0.123. The molecule has 0 unspecified atom stereocenters. The quantitative estimate of drug-likeness (QED) is 0.625. The van der Waals surface area contributed by atoms with Crippen molar-refractivity contribution in [2.75, 3.05) is 5.32 Å². The minimum atomic E-state index is -1.01. The molecule has 1 atom stereocenters. The number of nitrogens with two attached hydrogens (primary N) is 1. The Bertz CT molecular complexity index is 1040. The van der Waals surface area contributed by atoms with E-state index < -0.39 is 23.9 Å². The van der Waals surface area contributed by atoms with Crippen molar-refractivity contribution in [3.05, 3.63) is 77.6 Å². The molecule has 3 N–H and O–H groups in total. The maximum Gasteiger partial charge on any atom is 0.338 e. The highest BCUT2D eigenvalue weighted by Crippen LogP contribution is 2.14. The van der Waals surface area contributed by atoms with Crippen LogP contribution in [0.4, 0.5) is 5.69 Å². The predicted molar refractivity (Wildman–Crippen MR) is 107 cm³/mol. The molecular weight excluding hydrogens is 372 g/mol. The summed E-state index contributed by atoms with van der Waals surface area (Å²) in [6.45, 7) is 3.41. The van der Waals surface area contributed by atoms with Crippen molar-refractivity contribution in [1.82, 2.24) is 9.78 Å². The number of rotatable bonds is 6. The number of nitrogens with one attached hydrogen (secondary N) is 1. The van der Waals surface area contributed by atoms with Gasteiger partial charge in [-0.05, 0) is 68.4 Å². The van der Waals surface area contributed by atoms with E-state index in [-0.39, 0.29) is 0 Å². The lowest BCUT2D eigenvalue weighted by atomic mass is 10.2. The van der Waals surface area contributed by atoms with E-state index in [9.17, 15) is 14.4 Å². The number of carbonyl (C=O) groups excluding carboxylic acids is 3. The van der Waals surface area contributed by atoms with Gasteiger partial charge in [0.1, 0.15) is 0 Å². The Balaban J connectivity index is 1.60. The number of carbonyl (C=O) groups is 3. The average molecular weight is 392 g/mol. The first-order valence-corrected chi connectivity index (χ1v) is 8.88. The van der Waals surface area contributed by atoms with Gasteiger partial charge in [0.15, 0.2) is 6.10 Å². The number of aryl methyl sites for hydroxylation is 1. The van der Waals surface area contributed by atoms with Gasteiger partial charge in [-0.2, -0.15) is 5.10 Å². The number of hydrogen-bond donors (Lipinski definition) is 2. The highest BCUT2D eigenvalue weighted by atomic mass is 16.5. The molecule has 3 aromatic rings. The minimum Gasteiger partial charge on any atom is -0.449 e. The fraction of sp³-hybridized carbons (Fsp3) is 0.143. The normalized spacial score (nSPS) is 11.5. The second-order valence-corrected chi connectivity index (χ2v) is 6.41. The molecule has 2 aromatic carbocycles. The molecule has 2 amide bonds. The third-order valence-electron chi connectivity index (χ3n) is 4.27. The smallest absolute Gasteiger partial charge is 0.338 e. The largest absolute Gasteiger partial charge is 0.449 e. The van der Waals surface area contributed by atoms with Crippen molar-refractivity contribution in [3.8, 4) is 5.69 Å². The van der Waals surface area contributed by atoms with Crippen LogP contribution in [0, 0.1) is 6.92 Å². The summed E-state index contributed by atoms with van der Waals surface area (Å²) in [5.41, 5.74) is 8.07. The lowest BCUT2D eigenvalue weighted by Crippen LogP contribution is -2.30. The molecule has 148 valence electrons. The van der Waals surface area contributed by atoms with E-state index in [2.05, 4.69) is 10.4 Å². The van der Waals surface area contributed by atoms with Gasteiger partial charge >= 0.3 is 5.97 Å². The van der Waals surface area contributed by atoms with Crippen LogP contribution in [0.2, 0.25) is 0 Å². The molecule has 1 aromatic heterocycles.